The molecular formula is C22H23N3O5. The summed E-state index contributed by atoms with van der Waals surface area (Å²) < 4.78 is 5.88. The lowest BCUT2D eigenvalue weighted by molar-refractivity contribution is -0.385. The Kier molecular flexibility index (Phi) is 5.60. The molecule has 0 atom stereocenters. The maximum absolute atomic E-state index is 12.9. The molecule has 2 amide bonds. The molecule has 30 heavy (non-hydrogen) atoms. The number of nitro groups is 1. The van der Waals surface area contributed by atoms with Crippen LogP contribution in [-0.4, -0.2) is 29.9 Å². The average molecular weight is 409 g/mol. The van der Waals surface area contributed by atoms with Crippen molar-refractivity contribution in [1.82, 2.24) is 0 Å². The number of nitrogens with zero attached hydrogens (tertiary/aromatic N) is 2. The highest BCUT2D eigenvalue weighted by molar-refractivity contribution is 6.05. The second-order valence-electron chi connectivity index (χ2n) is 7.77. The van der Waals surface area contributed by atoms with E-state index in [-0.39, 0.29) is 18.2 Å². The lowest BCUT2D eigenvalue weighted by atomic mass is 9.93. The van der Waals surface area contributed by atoms with E-state index in [1.54, 1.807) is 36.1 Å². The van der Waals surface area contributed by atoms with Gasteiger partial charge in [-0.1, -0.05) is 6.08 Å². The summed E-state index contributed by atoms with van der Waals surface area (Å²) in [5.41, 5.74) is 1.05. The molecule has 0 aromatic heterocycles. The van der Waals surface area contributed by atoms with Gasteiger partial charge in [-0.2, -0.15) is 0 Å². The van der Waals surface area contributed by atoms with Crippen LogP contribution < -0.4 is 15.0 Å². The van der Waals surface area contributed by atoms with Crippen molar-refractivity contribution in [2.45, 2.75) is 20.8 Å². The minimum Gasteiger partial charge on any atom is -0.490 e. The topological polar surface area (TPSA) is 102 Å². The zero-order chi connectivity index (χ0) is 22.1. The van der Waals surface area contributed by atoms with Crippen LogP contribution in [0.3, 0.4) is 0 Å². The number of amides is 2. The standard InChI is InChI=1S/C22H23N3O5/c1-5-10-24-18-9-7-16(12-19(18)30-13-22(3,4)21(24)27)23-20(26)15-6-8-17(25(28)29)14(2)11-15/h5-9,11-12H,1,10,13H2,2-4H3,(H,23,26). The van der Waals surface area contributed by atoms with Crippen LogP contribution in [0.15, 0.2) is 49.1 Å². The lowest BCUT2D eigenvalue weighted by Crippen LogP contribution is -2.42. The van der Waals surface area contributed by atoms with Gasteiger partial charge in [0.15, 0.2) is 0 Å². The number of fused-ring (bicyclic) bond motifs is 1. The third kappa shape index (κ3) is 4.03. The second-order valence-corrected chi connectivity index (χ2v) is 7.77. The molecule has 0 unspecified atom stereocenters. The number of nitro benzene ring substituents is 1. The summed E-state index contributed by atoms with van der Waals surface area (Å²) in [6.07, 6.45) is 1.65. The third-order valence-electron chi connectivity index (χ3n) is 4.89. The van der Waals surface area contributed by atoms with Crippen LogP contribution in [0.4, 0.5) is 17.1 Å². The van der Waals surface area contributed by atoms with Gasteiger partial charge in [0, 0.05) is 35.5 Å². The van der Waals surface area contributed by atoms with Crippen molar-refractivity contribution in [2.24, 2.45) is 5.41 Å². The van der Waals surface area contributed by atoms with Gasteiger partial charge < -0.3 is 15.0 Å². The number of benzene rings is 2. The van der Waals surface area contributed by atoms with Crippen LogP contribution in [0, 0.1) is 22.5 Å². The first-order valence-electron chi connectivity index (χ1n) is 9.40. The number of nitrogens with one attached hydrogen (secondary N) is 1. The largest absolute Gasteiger partial charge is 0.490 e. The van der Waals surface area contributed by atoms with E-state index < -0.39 is 16.2 Å². The van der Waals surface area contributed by atoms with E-state index in [2.05, 4.69) is 11.9 Å². The van der Waals surface area contributed by atoms with Crippen LogP contribution >= 0.6 is 0 Å². The smallest absolute Gasteiger partial charge is 0.272 e. The van der Waals surface area contributed by atoms with Gasteiger partial charge in [0.25, 0.3) is 11.6 Å². The lowest BCUT2D eigenvalue weighted by Gasteiger charge is -2.27. The fourth-order valence-electron chi connectivity index (χ4n) is 3.24. The van der Waals surface area contributed by atoms with E-state index in [4.69, 9.17) is 4.74 Å². The molecule has 0 spiro atoms. The maximum Gasteiger partial charge on any atom is 0.272 e. The SMILES string of the molecule is C=CCN1C(=O)C(C)(C)COc2cc(NC(=O)c3ccc([N+](=O)[O-])c(C)c3)ccc21. The van der Waals surface area contributed by atoms with Crippen molar-refractivity contribution in [3.63, 3.8) is 0 Å². The molecule has 2 aromatic carbocycles. The highest BCUT2D eigenvalue weighted by atomic mass is 16.6. The van der Waals surface area contributed by atoms with E-state index >= 15 is 0 Å². The van der Waals surface area contributed by atoms with Gasteiger partial charge in [-0.25, -0.2) is 0 Å². The monoisotopic (exact) mass is 409 g/mol. The molecule has 1 aliphatic rings. The maximum atomic E-state index is 12.9. The van der Waals surface area contributed by atoms with Gasteiger partial charge in [-0.3, -0.25) is 19.7 Å². The van der Waals surface area contributed by atoms with Crippen molar-refractivity contribution in [2.75, 3.05) is 23.4 Å². The average Bonchev–Trinajstić information content (AvgIpc) is 2.78. The molecule has 0 fully saturated rings. The molecule has 2 aromatic rings. The van der Waals surface area contributed by atoms with E-state index in [1.807, 2.05) is 13.8 Å². The van der Waals surface area contributed by atoms with E-state index in [0.29, 0.717) is 34.8 Å². The Balaban J connectivity index is 1.88. The number of hydrogen-bond donors (Lipinski definition) is 1. The van der Waals surface area contributed by atoms with Crippen molar-refractivity contribution in [1.29, 1.82) is 0 Å². The summed E-state index contributed by atoms with van der Waals surface area (Å²) in [5, 5.41) is 13.7. The predicted molar refractivity (Wildman–Crippen MR) is 114 cm³/mol. The highest BCUT2D eigenvalue weighted by Crippen LogP contribution is 2.38. The first kappa shape index (κ1) is 21.0. The summed E-state index contributed by atoms with van der Waals surface area (Å²) in [6, 6.07) is 9.25. The summed E-state index contributed by atoms with van der Waals surface area (Å²) >= 11 is 0. The molecule has 0 bridgehead atoms. The first-order chi connectivity index (χ1) is 14.1. The van der Waals surface area contributed by atoms with E-state index in [9.17, 15) is 19.7 Å². The second kappa shape index (κ2) is 7.98. The number of carbonyl (C=O) groups excluding carboxylic acids is 2. The minimum atomic E-state index is -0.707. The fraction of sp³-hybridized carbons (Fsp3) is 0.273. The quantitative estimate of drug-likeness (QED) is 0.455. The molecule has 0 saturated carbocycles. The molecule has 0 aliphatic carbocycles. The van der Waals surface area contributed by atoms with Crippen LogP contribution in [0.1, 0.15) is 29.8 Å². The zero-order valence-electron chi connectivity index (χ0n) is 17.1. The van der Waals surface area contributed by atoms with Gasteiger partial charge in [0.2, 0.25) is 5.91 Å². The Morgan fingerprint density at radius 2 is 2.07 bits per heavy atom. The Morgan fingerprint density at radius 3 is 2.70 bits per heavy atom. The molecule has 3 rings (SSSR count). The zero-order valence-corrected chi connectivity index (χ0v) is 17.1. The van der Waals surface area contributed by atoms with Crippen molar-refractivity contribution in [3.05, 3.63) is 70.3 Å². The third-order valence-corrected chi connectivity index (χ3v) is 4.89. The number of anilines is 2. The van der Waals surface area contributed by atoms with Gasteiger partial charge in [0.1, 0.15) is 12.4 Å². The Hall–Kier alpha value is -3.68. The van der Waals surface area contributed by atoms with Crippen LogP contribution in [0.25, 0.3) is 0 Å². The van der Waals surface area contributed by atoms with Gasteiger partial charge in [0.05, 0.1) is 16.0 Å². The molecule has 1 heterocycles. The van der Waals surface area contributed by atoms with Crippen molar-refractivity contribution < 1.29 is 19.2 Å². The number of ether oxygens (including phenoxy) is 1. The molecule has 8 heteroatoms. The van der Waals surface area contributed by atoms with Gasteiger partial charge in [-0.05, 0) is 45.0 Å². The minimum absolute atomic E-state index is 0.0421. The molecule has 0 radical (unpaired) electrons. The van der Waals surface area contributed by atoms with Gasteiger partial charge >= 0.3 is 0 Å². The highest BCUT2D eigenvalue weighted by Gasteiger charge is 2.37. The Morgan fingerprint density at radius 1 is 1.33 bits per heavy atom. The van der Waals surface area contributed by atoms with E-state index in [1.165, 1.54) is 18.2 Å². The normalized spacial score (nSPS) is 14.9. The number of rotatable bonds is 5. The molecular weight excluding hydrogens is 386 g/mol. The summed E-state index contributed by atoms with van der Waals surface area (Å²) in [5.74, 6) is 0.00803. The van der Waals surface area contributed by atoms with Crippen LogP contribution in [0.2, 0.25) is 0 Å². The number of carbonyl (C=O) groups is 2. The van der Waals surface area contributed by atoms with E-state index in [0.717, 1.165) is 0 Å². The molecule has 156 valence electrons. The van der Waals surface area contributed by atoms with Crippen LogP contribution in [-0.2, 0) is 4.79 Å². The Labute approximate surface area is 174 Å². The Bertz CT molecular complexity index is 1050. The molecule has 8 nitrogen and oxygen atoms in total. The number of hydrogen-bond acceptors (Lipinski definition) is 5. The summed E-state index contributed by atoms with van der Waals surface area (Å²) in [7, 11) is 0. The molecule has 1 N–H and O–H groups in total. The van der Waals surface area contributed by atoms with Crippen molar-refractivity contribution in [3.8, 4) is 5.75 Å². The summed E-state index contributed by atoms with van der Waals surface area (Å²) in [4.78, 5) is 37.5. The van der Waals surface area contributed by atoms with Gasteiger partial charge in [-0.15, -0.1) is 6.58 Å². The molecule has 1 aliphatic heterocycles. The van der Waals surface area contributed by atoms with Crippen molar-refractivity contribution >= 4 is 28.9 Å². The summed E-state index contributed by atoms with van der Waals surface area (Å²) in [6.45, 7) is 9.48. The fourth-order valence-corrected chi connectivity index (χ4v) is 3.24. The number of aryl methyl sites for hydroxylation is 1. The predicted octanol–water partition coefficient (Wildman–Crippen LogP) is 4.09. The first-order valence-corrected chi connectivity index (χ1v) is 9.40. The molecule has 0 saturated heterocycles. The van der Waals surface area contributed by atoms with Crippen LogP contribution in [0.5, 0.6) is 5.75 Å².